The Bertz CT molecular complexity index is 1050. The number of hydrogen-bond donors (Lipinski definition) is 0. The first-order valence-electron chi connectivity index (χ1n) is 9.07. The van der Waals surface area contributed by atoms with E-state index in [0.717, 1.165) is 16.7 Å². The van der Waals surface area contributed by atoms with E-state index in [0.29, 0.717) is 34.3 Å². The van der Waals surface area contributed by atoms with Gasteiger partial charge < -0.3 is 13.7 Å². The van der Waals surface area contributed by atoms with Crippen molar-refractivity contribution in [2.75, 3.05) is 7.11 Å². The molecule has 0 unspecified atom stereocenters. The third-order valence-corrected chi connectivity index (χ3v) is 4.52. The van der Waals surface area contributed by atoms with E-state index in [1.165, 1.54) is 11.8 Å². The number of ether oxygens (including phenoxy) is 1. The van der Waals surface area contributed by atoms with Crippen LogP contribution in [-0.4, -0.2) is 32.4 Å². The average Bonchev–Trinajstić information content (AvgIpc) is 3.44. The molecule has 3 heterocycles. The van der Waals surface area contributed by atoms with Crippen LogP contribution >= 0.6 is 11.8 Å². The normalized spacial score (nSPS) is 10.3. The lowest BCUT2D eigenvalue weighted by atomic mass is 10.1. The van der Waals surface area contributed by atoms with Crippen molar-refractivity contribution in [3.05, 3.63) is 54.2 Å². The molecule has 3 aromatic heterocycles. The monoisotopic (exact) mass is 411 g/mol. The van der Waals surface area contributed by atoms with Crippen LogP contribution in [0.3, 0.4) is 0 Å². The highest BCUT2D eigenvalue weighted by Gasteiger charge is 2.15. The van der Waals surface area contributed by atoms with Crippen molar-refractivity contribution in [2.24, 2.45) is 0 Å². The summed E-state index contributed by atoms with van der Waals surface area (Å²) in [5, 5.41) is 12.5. The molecular weight excluding hydrogens is 390 g/mol. The number of benzene rings is 1. The zero-order valence-electron chi connectivity index (χ0n) is 16.6. The summed E-state index contributed by atoms with van der Waals surface area (Å²) in [4.78, 5) is 8.40. The number of hydrogen-bond acceptors (Lipinski definition) is 9. The summed E-state index contributed by atoms with van der Waals surface area (Å²) in [6.45, 7) is 6.00. The minimum Gasteiger partial charge on any atom is -0.496 e. The Kier molecular flexibility index (Phi) is 6.96. The maximum absolute atomic E-state index is 5.64. The molecule has 0 aliphatic rings. The fraction of sp³-hybridized carbons (Fsp3) is 0.250. The molecule has 29 heavy (non-hydrogen) atoms. The molecule has 4 aromatic rings. The van der Waals surface area contributed by atoms with Crippen molar-refractivity contribution < 1.29 is 13.7 Å². The lowest BCUT2D eigenvalue weighted by molar-refractivity contribution is 0.389. The van der Waals surface area contributed by atoms with Gasteiger partial charge in [-0.25, -0.2) is 0 Å². The predicted octanol–water partition coefficient (Wildman–Crippen LogP) is 4.82. The number of nitrogens with zero attached hydrogens (tertiary/aromatic N) is 5. The van der Waals surface area contributed by atoms with E-state index in [-0.39, 0.29) is 0 Å². The molecule has 0 atom stereocenters. The highest BCUT2D eigenvalue weighted by atomic mass is 32.2. The van der Waals surface area contributed by atoms with E-state index in [1.54, 1.807) is 19.5 Å². The van der Waals surface area contributed by atoms with Crippen molar-refractivity contribution in [2.45, 2.75) is 31.7 Å². The van der Waals surface area contributed by atoms with Crippen LogP contribution in [0.5, 0.6) is 5.75 Å². The Balaban J connectivity index is 0.00000117. The maximum atomic E-state index is 5.64. The molecule has 0 spiro atoms. The van der Waals surface area contributed by atoms with Crippen LogP contribution in [0.15, 0.2) is 56.9 Å². The molecule has 0 saturated heterocycles. The fourth-order valence-electron chi connectivity index (χ4n) is 2.42. The molecule has 0 N–H and O–H groups in total. The number of aryl methyl sites for hydroxylation is 1. The van der Waals surface area contributed by atoms with Gasteiger partial charge in [0.15, 0.2) is 0 Å². The highest BCUT2D eigenvalue weighted by molar-refractivity contribution is 7.98. The first kappa shape index (κ1) is 20.5. The van der Waals surface area contributed by atoms with Crippen LogP contribution in [0.25, 0.3) is 22.8 Å². The van der Waals surface area contributed by atoms with E-state index < -0.39 is 0 Å². The summed E-state index contributed by atoms with van der Waals surface area (Å²) >= 11 is 1.33. The maximum Gasteiger partial charge on any atom is 0.277 e. The second-order valence-corrected chi connectivity index (χ2v) is 6.54. The summed E-state index contributed by atoms with van der Waals surface area (Å²) in [7, 11) is 1.61. The molecule has 0 saturated carbocycles. The predicted molar refractivity (Wildman–Crippen MR) is 109 cm³/mol. The lowest BCUT2D eigenvalue weighted by Gasteiger charge is -2.05. The van der Waals surface area contributed by atoms with Gasteiger partial charge >= 0.3 is 0 Å². The van der Waals surface area contributed by atoms with Crippen LogP contribution in [0.1, 0.15) is 25.3 Å². The van der Waals surface area contributed by atoms with Gasteiger partial charge in [0, 0.05) is 18.0 Å². The standard InChI is InChI=1S/C18H15N5O3S.C2H6/c1-11-3-4-14(24-2)13(9-11)16-20-15(26-23-16)10-27-18-22-21-17(25-18)12-5-7-19-8-6-12;1-2/h3-9H,10H2,1-2H3;1-2H3. The molecule has 9 heteroatoms. The van der Waals surface area contributed by atoms with Crippen molar-refractivity contribution >= 4 is 11.8 Å². The van der Waals surface area contributed by atoms with Crippen LogP contribution in [0, 0.1) is 6.92 Å². The first-order valence-corrected chi connectivity index (χ1v) is 10.1. The Morgan fingerprint density at radius 3 is 2.62 bits per heavy atom. The van der Waals surface area contributed by atoms with Gasteiger partial charge in [0.2, 0.25) is 17.6 Å². The van der Waals surface area contributed by atoms with Gasteiger partial charge in [-0.1, -0.05) is 42.4 Å². The summed E-state index contributed by atoms with van der Waals surface area (Å²) in [6.07, 6.45) is 3.35. The van der Waals surface area contributed by atoms with Crippen molar-refractivity contribution in [3.63, 3.8) is 0 Å². The van der Waals surface area contributed by atoms with Crippen molar-refractivity contribution in [1.82, 2.24) is 25.3 Å². The van der Waals surface area contributed by atoms with Gasteiger partial charge in [0.05, 0.1) is 18.4 Å². The van der Waals surface area contributed by atoms with E-state index in [4.69, 9.17) is 13.7 Å². The van der Waals surface area contributed by atoms with Gasteiger partial charge in [-0.2, -0.15) is 4.98 Å². The van der Waals surface area contributed by atoms with Crippen LogP contribution in [0.4, 0.5) is 0 Å². The number of pyridine rings is 1. The lowest BCUT2D eigenvalue weighted by Crippen LogP contribution is -1.90. The highest BCUT2D eigenvalue weighted by Crippen LogP contribution is 2.30. The minimum absolute atomic E-state index is 0.416. The van der Waals surface area contributed by atoms with Gasteiger partial charge in [-0.3, -0.25) is 4.98 Å². The fourth-order valence-corrected chi connectivity index (χ4v) is 3.02. The molecule has 0 amide bonds. The summed E-state index contributed by atoms with van der Waals surface area (Å²) in [5.74, 6) is 2.49. The Labute approximate surface area is 172 Å². The topological polar surface area (TPSA) is 100.0 Å². The second-order valence-electron chi connectivity index (χ2n) is 5.61. The number of methoxy groups -OCH3 is 1. The molecule has 0 fully saturated rings. The third-order valence-electron chi connectivity index (χ3n) is 3.72. The van der Waals surface area contributed by atoms with E-state index >= 15 is 0 Å². The molecular formula is C20H21N5O3S. The van der Waals surface area contributed by atoms with E-state index in [1.807, 2.05) is 51.1 Å². The van der Waals surface area contributed by atoms with Crippen LogP contribution in [-0.2, 0) is 5.75 Å². The Morgan fingerprint density at radius 1 is 1.07 bits per heavy atom. The molecule has 1 aromatic carbocycles. The number of thioether (sulfide) groups is 1. The van der Waals surface area contributed by atoms with Gasteiger partial charge in [-0.05, 0) is 31.2 Å². The molecule has 0 aliphatic heterocycles. The minimum atomic E-state index is 0.416. The second kappa shape index (κ2) is 9.83. The van der Waals surface area contributed by atoms with Crippen molar-refractivity contribution in [3.8, 4) is 28.6 Å². The first-order chi connectivity index (χ1) is 14.2. The zero-order valence-corrected chi connectivity index (χ0v) is 17.4. The summed E-state index contributed by atoms with van der Waals surface area (Å²) in [6, 6.07) is 9.42. The quantitative estimate of drug-likeness (QED) is 0.413. The van der Waals surface area contributed by atoms with Crippen LogP contribution in [0.2, 0.25) is 0 Å². The zero-order chi connectivity index (χ0) is 20.6. The van der Waals surface area contributed by atoms with Gasteiger partial charge in [-0.15, -0.1) is 10.2 Å². The third kappa shape index (κ3) is 5.00. The Morgan fingerprint density at radius 2 is 1.86 bits per heavy atom. The van der Waals surface area contributed by atoms with Gasteiger partial charge in [0.1, 0.15) is 5.75 Å². The van der Waals surface area contributed by atoms with Crippen molar-refractivity contribution in [1.29, 1.82) is 0 Å². The number of rotatable bonds is 6. The molecule has 8 nitrogen and oxygen atoms in total. The molecule has 0 bridgehead atoms. The van der Waals surface area contributed by atoms with Gasteiger partial charge in [0.25, 0.3) is 5.22 Å². The van der Waals surface area contributed by atoms with E-state index in [9.17, 15) is 0 Å². The SMILES string of the molecule is CC.COc1ccc(C)cc1-c1noc(CSc2nnc(-c3ccncc3)o2)n1. The van der Waals surface area contributed by atoms with Crippen LogP contribution < -0.4 is 4.74 Å². The number of aromatic nitrogens is 5. The average molecular weight is 411 g/mol. The summed E-state index contributed by atoms with van der Waals surface area (Å²) in [5.41, 5.74) is 2.69. The smallest absolute Gasteiger partial charge is 0.277 e. The largest absolute Gasteiger partial charge is 0.496 e. The molecule has 0 aliphatic carbocycles. The summed E-state index contributed by atoms with van der Waals surface area (Å²) < 4.78 is 16.3. The molecule has 0 radical (unpaired) electrons. The molecule has 150 valence electrons. The van der Waals surface area contributed by atoms with E-state index in [2.05, 4.69) is 25.3 Å². The Hall–Kier alpha value is -3.20. The molecule has 4 rings (SSSR count).